The zero-order valence-electron chi connectivity index (χ0n) is 9.12. The minimum atomic E-state index is -0.702. The van der Waals surface area contributed by atoms with Gasteiger partial charge in [-0.15, -0.1) is 0 Å². The zero-order valence-corrected chi connectivity index (χ0v) is 9.12. The van der Waals surface area contributed by atoms with Gasteiger partial charge in [0, 0.05) is 0 Å². The number of aliphatic carboxylic acids is 1. The first-order valence-corrected chi connectivity index (χ1v) is 5.61. The third-order valence-electron chi connectivity index (χ3n) is 3.05. The van der Waals surface area contributed by atoms with E-state index in [1.807, 2.05) is 0 Å². The molecule has 3 unspecified atom stereocenters. The summed E-state index contributed by atoms with van der Waals surface area (Å²) in [5, 5.41) is 12.1. The molecule has 82 valence electrons. The second-order valence-electron chi connectivity index (χ2n) is 4.41. The van der Waals surface area contributed by atoms with E-state index >= 15 is 0 Å². The Kier molecular flexibility index (Phi) is 4.39. The van der Waals surface area contributed by atoms with Crippen molar-refractivity contribution in [2.24, 2.45) is 11.8 Å². The van der Waals surface area contributed by atoms with Gasteiger partial charge in [-0.3, -0.25) is 4.79 Å². The number of carboxylic acid groups (broad SMARTS) is 1. The van der Waals surface area contributed by atoms with Gasteiger partial charge >= 0.3 is 5.97 Å². The Morgan fingerprint density at radius 1 is 1.64 bits per heavy atom. The monoisotopic (exact) mass is 199 g/mol. The lowest BCUT2D eigenvalue weighted by Crippen LogP contribution is -2.37. The van der Waals surface area contributed by atoms with Crippen LogP contribution < -0.4 is 5.32 Å². The molecule has 14 heavy (non-hydrogen) atoms. The van der Waals surface area contributed by atoms with Gasteiger partial charge in [0.25, 0.3) is 0 Å². The maximum absolute atomic E-state index is 10.9. The van der Waals surface area contributed by atoms with Crippen molar-refractivity contribution in [2.45, 2.75) is 45.6 Å². The molecule has 0 amide bonds. The van der Waals surface area contributed by atoms with Gasteiger partial charge in [0.05, 0.1) is 0 Å². The maximum atomic E-state index is 10.9. The van der Waals surface area contributed by atoms with Crippen molar-refractivity contribution in [1.82, 2.24) is 5.32 Å². The van der Waals surface area contributed by atoms with Crippen LogP contribution in [0.3, 0.4) is 0 Å². The van der Waals surface area contributed by atoms with Crippen LogP contribution in [0, 0.1) is 11.8 Å². The van der Waals surface area contributed by atoms with Gasteiger partial charge in [0.2, 0.25) is 0 Å². The van der Waals surface area contributed by atoms with Crippen molar-refractivity contribution in [3.8, 4) is 0 Å². The summed E-state index contributed by atoms with van der Waals surface area (Å²) in [4.78, 5) is 10.9. The highest BCUT2D eigenvalue weighted by atomic mass is 16.4. The largest absolute Gasteiger partial charge is 0.480 e. The summed E-state index contributed by atoms with van der Waals surface area (Å²) < 4.78 is 0. The van der Waals surface area contributed by atoms with Gasteiger partial charge in [0.15, 0.2) is 0 Å². The number of unbranched alkanes of at least 4 members (excludes halogenated alkanes) is 1. The summed E-state index contributed by atoms with van der Waals surface area (Å²) in [6.45, 7) is 5.18. The Bertz CT molecular complexity index is 194. The molecule has 0 saturated heterocycles. The molecule has 2 N–H and O–H groups in total. The van der Waals surface area contributed by atoms with Crippen LogP contribution in [0.4, 0.5) is 0 Å². The molecule has 1 aliphatic carbocycles. The third kappa shape index (κ3) is 3.66. The number of hydrogen-bond acceptors (Lipinski definition) is 2. The molecule has 0 bridgehead atoms. The Morgan fingerprint density at radius 2 is 2.29 bits per heavy atom. The van der Waals surface area contributed by atoms with Crippen LogP contribution in [0.25, 0.3) is 0 Å². The molecule has 0 heterocycles. The van der Waals surface area contributed by atoms with Gasteiger partial charge in [-0.1, -0.05) is 26.7 Å². The summed E-state index contributed by atoms with van der Waals surface area (Å²) >= 11 is 0. The Hall–Kier alpha value is -0.570. The van der Waals surface area contributed by atoms with E-state index in [2.05, 4.69) is 19.2 Å². The van der Waals surface area contributed by atoms with Crippen molar-refractivity contribution < 1.29 is 9.90 Å². The van der Waals surface area contributed by atoms with Crippen molar-refractivity contribution in [3.05, 3.63) is 0 Å². The van der Waals surface area contributed by atoms with Crippen LogP contribution in [0.15, 0.2) is 0 Å². The van der Waals surface area contributed by atoms with E-state index in [1.54, 1.807) is 0 Å². The van der Waals surface area contributed by atoms with E-state index in [1.165, 1.54) is 6.42 Å². The predicted octanol–water partition coefficient (Wildman–Crippen LogP) is 1.88. The number of carbonyl (C=O) groups is 1. The van der Waals surface area contributed by atoms with Gasteiger partial charge in [-0.2, -0.15) is 0 Å². The molecular weight excluding hydrogens is 178 g/mol. The van der Waals surface area contributed by atoms with Crippen molar-refractivity contribution in [3.63, 3.8) is 0 Å². The second kappa shape index (κ2) is 5.35. The molecule has 1 saturated carbocycles. The Morgan fingerprint density at radius 3 is 2.71 bits per heavy atom. The lowest BCUT2D eigenvalue weighted by molar-refractivity contribution is -0.139. The van der Waals surface area contributed by atoms with Gasteiger partial charge < -0.3 is 10.4 Å². The SMILES string of the molecule is CCCCC(NCC1CC1C)C(=O)O. The minimum absolute atomic E-state index is 0.331. The normalized spacial score (nSPS) is 27.3. The number of nitrogens with one attached hydrogen (secondary N) is 1. The minimum Gasteiger partial charge on any atom is -0.480 e. The molecule has 3 nitrogen and oxygen atoms in total. The fourth-order valence-electron chi connectivity index (χ4n) is 1.70. The molecule has 0 aromatic heterocycles. The van der Waals surface area contributed by atoms with E-state index in [0.29, 0.717) is 0 Å². The molecule has 1 rings (SSSR count). The summed E-state index contributed by atoms with van der Waals surface area (Å²) in [6, 6.07) is -0.331. The molecule has 1 fully saturated rings. The van der Waals surface area contributed by atoms with Crippen LogP contribution in [0.1, 0.15) is 39.5 Å². The topological polar surface area (TPSA) is 49.3 Å². The first kappa shape index (κ1) is 11.5. The average Bonchev–Trinajstić information content (AvgIpc) is 2.81. The van der Waals surface area contributed by atoms with Gasteiger partial charge in [-0.05, 0) is 31.2 Å². The Labute approximate surface area is 85.9 Å². The van der Waals surface area contributed by atoms with E-state index in [4.69, 9.17) is 5.11 Å². The Balaban J connectivity index is 2.17. The average molecular weight is 199 g/mol. The first-order chi connectivity index (χ1) is 6.65. The smallest absolute Gasteiger partial charge is 0.320 e. The van der Waals surface area contributed by atoms with E-state index in [0.717, 1.165) is 37.6 Å². The maximum Gasteiger partial charge on any atom is 0.320 e. The number of carboxylic acids is 1. The third-order valence-corrected chi connectivity index (χ3v) is 3.05. The van der Waals surface area contributed by atoms with E-state index in [-0.39, 0.29) is 6.04 Å². The molecule has 0 radical (unpaired) electrons. The highest BCUT2D eigenvalue weighted by Gasteiger charge is 2.33. The molecule has 1 aliphatic rings. The molecule has 0 spiro atoms. The van der Waals surface area contributed by atoms with E-state index < -0.39 is 5.97 Å². The molecule has 3 atom stereocenters. The lowest BCUT2D eigenvalue weighted by Gasteiger charge is -2.13. The number of rotatable bonds is 7. The zero-order chi connectivity index (χ0) is 10.6. The van der Waals surface area contributed by atoms with Crippen LogP contribution in [0.5, 0.6) is 0 Å². The second-order valence-corrected chi connectivity index (χ2v) is 4.41. The summed E-state index contributed by atoms with van der Waals surface area (Å²) in [5.74, 6) is 0.813. The van der Waals surface area contributed by atoms with Crippen LogP contribution >= 0.6 is 0 Å². The summed E-state index contributed by atoms with van der Waals surface area (Å²) in [6.07, 6.45) is 4.07. The van der Waals surface area contributed by atoms with Crippen LogP contribution in [-0.2, 0) is 4.79 Å². The van der Waals surface area contributed by atoms with Crippen LogP contribution in [-0.4, -0.2) is 23.7 Å². The highest BCUT2D eigenvalue weighted by molar-refractivity contribution is 5.73. The summed E-state index contributed by atoms with van der Waals surface area (Å²) in [5.41, 5.74) is 0. The molecular formula is C11H21NO2. The van der Waals surface area contributed by atoms with Crippen molar-refractivity contribution in [1.29, 1.82) is 0 Å². The van der Waals surface area contributed by atoms with Gasteiger partial charge in [-0.25, -0.2) is 0 Å². The quantitative estimate of drug-likeness (QED) is 0.658. The standard InChI is InChI=1S/C11H21NO2/c1-3-4-5-10(11(13)14)12-7-9-6-8(9)2/h8-10,12H,3-7H2,1-2H3,(H,13,14). The molecule has 0 aromatic rings. The fourth-order valence-corrected chi connectivity index (χ4v) is 1.70. The lowest BCUT2D eigenvalue weighted by atomic mass is 10.1. The summed E-state index contributed by atoms with van der Waals surface area (Å²) in [7, 11) is 0. The number of hydrogen-bond donors (Lipinski definition) is 2. The van der Waals surface area contributed by atoms with Crippen molar-refractivity contribution >= 4 is 5.97 Å². The molecule has 3 heteroatoms. The molecule has 0 aromatic carbocycles. The predicted molar refractivity (Wildman–Crippen MR) is 56.2 cm³/mol. The molecule has 0 aliphatic heterocycles. The van der Waals surface area contributed by atoms with Crippen molar-refractivity contribution in [2.75, 3.05) is 6.54 Å². The highest BCUT2D eigenvalue weighted by Crippen LogP contribution is 2.36. The first-order valence-electron chi connectivity index (χ1n) is 5.61. The van der Waals surface area contributed by atoms with Crippen LogP contribution in [0.2, 0.25) is 0 Å². The van der Waals surface area contributed by atoms with E-state index in [9.17, 15) is 4.79 Å². The van der Waals surface area contributed by atoms with Gasteiger partial charge in [0.1, 0.15) is 6.04 Å². The fraction of sp³-hybridized carbons (Fsp3) is 0.909.